The van der Waals surface area contributed by atoms with Crippen molar-refractivity contribution >= 4 is 19.2 Å². The number of carbonyl (C=O) groups is 2. The normalized spacial score (nSPS) is 22.0. The van der Waals surface area contributed by atoms with E-state index >= 15 is 0 Å². The minimum atomic E-state index is -0.702. The number of carbonyl (C=O) groups excluding carboxylic acids is 2. The molecule has 7 nitrogen and oxygen atoms in total. The average Bonchev–Trinajstić information content (AvgIpc) is 2.97. The maximum atomic E-state index is 12.4. The molecule has 8 heteroatoms. The summed E-state index contributed by atoms with van der Waals surface area (Å²) in [4.78, 5) is 26.3. The first-order chi connectivity index (χ1) is 11.8. The fraction of sp³-hybridized carbons (Fsp3) is 0.778. The molecule has 2 aliphatic rings. The summed E-state index contributed by atoms with van der Waals surface area (Å²) in [6.07, 6.45) is -0.481. The van der Waals surface area contributed by atoms with Crippen LogP contribution in [0.15, 0.2) is 11.0 Å². The van der Waals surface area contributed by atoms with Crippen molar-refractivity contribution in [1.82, 2.24) is 4.90 Å². The highest BCUT2D eigenvalue weighted by Gasteiger charge is 2.54. The Morgan fingerprint density at radius 2 is 1.65 bits per heavy atom. The van der Waals surface area contributed by atoms with Crippen LogP contribution in [0.4, 0.5) is 4.79 Å². The molecule has 26 heavy (non-hydrogen) atoms. The van der Waals surface area contributed by atoms with Crippen molar-refractivity contribution in [2.24, 2.45) is 0 Å². The van der Waals surface area contributed by atoms with E-state index in [2.05, 4.69) is 0 Å². The second kappa shape index (κ2) is 6.89. The van der Waals surface area contributed by atoms with Crippen LogP contribution in [0.25, 0.3) is 0 Å². The van der Waals surface area contributed by atoms with Gasteiger partial charge in [0.1, 0.15) is 5.60 Å². The number of hydrogen-bond donors (Lipinski definition) is 0. The summed E-state index contributed by atoms with van der Waals surface area (Å²) in [6, 6.07) is 0. The standard InChI is InChI=1S/C18H30BNO6/c1-9-23-14(21)12-10-20(15(22)24-16(2,3)4)11-13(12)19-25-17(5,6)18(7,8)26-19/h9-11H2,1-8H3. The Hall–Kier alpha value is -1.54. The molecule has 0 aromatic heterocycles. The molecule has 0 saturated carbocycles. The molecule has 1 fully saturated rings. The van der Waals surface area contributed by atoms with Gasteiger partial charge in [0.2, 0.25) is 0 Å². The Balaban J connectivity index is 2.26. The Bertz CT molecular complexity index is 604. The van der Waals surface area contributed by atoms with Crippen molar-refractivity contribution in [3.05, 3.63) is 11.0 Å². The number of hydrogen-bond acceptors (Lipinski definition) is 6. The lowest BCUT2D eigenvalue weighted by molar-refractivity contribution is -0.138. The number of esters is 1. The van der Waals surface area contributed by atoms with Gasteiger partial charge in [-0.15, -0.1) is 0 Å². The molecule has 0 unspecified atom stereocenters. The van der Waals surface area contributed by atoms with Gasteiger partial charge in [0.05, 0.1) is 29.9 Å². The predicted molar refractivity (Wildman–Crippen MR) is 97.5 cm³/mol. The van der Waals surface area contributed by atoms with Gasteiger partial charge in [0.25, 0.3) is 0 Å². The molecule has 0 spiro atoms. The van der Waals surface area contributed by atoms with Crippen LogP contribution >= 0.6 is 0 Å². The third-order valence-electron chi connectivity index (χ3n) is 4.81. The zero-order chi connectivity index (χ0) is 19.9. The molecular formula is C18H30BNO6. The highest BCUT2D eigenvalue weighted by molar-refractivity contribution is 6.56. The van der Waals surface area contributed by atoms with Crippen LogP contribution in [0.2, 0.25) is 0 Å². The summed E-state index contributed by atoms with van der Waals surface area (Å²) < 4.78 is 22.7. The third kappa shape index (κ3) is 4.23. The molecule has 1 saturated heterocycles. The molecule has 2 heterocycles. The minimum Gasteiger partial charge on any atom is -0.463 e. The van der Waals surface area contributed by atoms with Crippen LogP contribution < -0.4 is 0 Å². The third-order valence-corrected chi connectivity index (χ3v) is 4.81. The molecule has 2 aliphatic heterocycles. The zero-order valence-corrected chi connectivity index (χ0v) is 17.1. The van der Waals surface area contributed by atoms with E-state index in [9.17, 15) is 9.59 Å². The predicted octanol–water partition coefficient (Wildman–Crippen LogP) is 2.73. The van der Waals surface area contributed by atoms with E-state index in [4.69, 9.17) is 18.8 Å². The quantitative estimate of drug-likeness (QED) is 0.564. The highest BCUT2D eigenvalue weighted by Crippen LogP contribution is 2.40. The zero-order valence-electron chi connectivity index (χ0n) is 17.1. The summed E-state index contributed by atoms with van der Waals surface area (Å²) in [5.74, 6) is -0.455. The van der Waals surface area contributed by atoms with Gasteiger partial charge < -0.3 is 23.7 Å². The summed E-state index contributed by atoms with van der Waals surface area (Å²) >= 11 is 0. The number of ether oxygens (including phenoxy) is 2. The van der Waals surface area contributed by atoms with Gasteiger partial charge in [-0.05, 0) is 60.9 Å². The van der Waals surface area contributed by atoms with Crippen molar-refractivity contribution < 1.29 is 28.4 Å². The summed E-state index contributed by atoms with van der Waals surface area (Å²) in [5, 5.41) is 0. The lowest BCUT2D eigenvalue weighted by Crippen LogP contribution is -2.41. The molecule has 1 amide bonds. The van der Waals surface area contributed by atoms with Gasteiger partial charge in [0.15, 0.2) is 0 Å². The lowest BCUT2D eigenvalue weighted by Gasteiger charge is -2.32. The van der Waals surface area contributed by atoms with E-state index in [-0.39, 0.29) is 19.7 Å². The second-order valence-electron chi connectivity index (χ2n) is 8.65. The average molecular weight is 367 g/mol. The van der Waals surface area contributed by atoms with Crippen LogP contribution in [-0.2, 0) is 23.6 Å². The van der Waals surface area contributed by atoms with Gasteiger partial charge in [-0.3, -0.25) is 0 Å². The highest BCUT2D eigenvalue weighted by atomic mass is 16.7. The Labute approximate surface area is 156 Å². The van der Waals surface area contributed by atoms with E-state index in [1.165, 1.54) is 4.90 Å². The first-order valence-corrected chi connectivity index (χ1v) is 9.00. The smallest absolute Gasteiger partial charge is 0.463 e. The summed E-state index contributed by atoms with van der Waals surface area (Å²) in [6.45, 7) is 15.5. The SMILES string of the molecule is CCOC(=O)C1=C(B2OC(C)(C)C(C)(C)O2)CN(C(=O)OC(C)(C)C)C1. The maximum Gasteiger partial charge on any atom is 0.493 e. The van der Waals surface area contributed by atoms with Gasteiger partial charge in [-0.25, -0.2) is 9.59 Å². The van der Waals surface area contributed by atoms with Crippen LogP contribution in [0, 0.1) is 0 Å². The molecule has 146 valence electrons. The molecule has 0 aromatic rings. The van der Waals surface area contributed by atoms with E-state index in [1.54, 1.807) is 27.7 Å². The van der Waals surface area contributed by atoms with Crippen molar-refractivity contribution in [1.29, 1.82) is 0 Å². The largest absolute Gasteiger partial charge is 0.493 e. The minimum absolute atomic E-state index is 0.118. The van der Waals surface area contributed by atoms with E-state index < -0.39 is 36.0 Å². The van der Waals surface area contributed by atoms with Crippen molar-refractivity contribution in [3.63, 3.8) is 0 Å². The van der Waals surface area contributed by atoms with Crippen LogP contribution in [0.3, 0.4) is 0 Å². The topological polar surface area (TPSA) is 74.3 Å². The second-order valence-corrected chi connectivity index (χ2v) is 8.65. The van der Waals surface area contributed by atoms with Gasteiger partial charge in [0, 0.05) is 6.54 Å². The Kier molecular flexibility index (Phi) is 5.50. The summed E-state index contributed by atoms with van der Waals surface area (Å²) in [5.41, 5.74) is -0.675. The molecule has 0 aromatic carbocycles. The first-order valence-electron chi connectivity index (χ1n) is 9.00. The molecule has 0 bridgehead atoms. The lowest BCUT2D eigenvalue weighted by atomic mass is 9.76. The number of rotatable bonds is 3. The number of amides is 1. The fourth-order valence-corrected chi connectivity index (χ4v) is 2.72. The monoisotopic (exact) mass is 367 g/mol. The molecule has 0 N–H and O–H groups in total. The van der Waals surface area contributed by atoms with Gasteiger partial charge in [-0.2, -0.15) is 0 Å². The number of nitrogens with zero attached hydrogens (tertiary/aromatic N) is 1. The molecule has 0 aliphatic carbocycles. The fourth-order valence-electron chi connectivity index (χ4n) is 2.72. The molecule has 0 atom stereocenters. The van der Waals surface area contributed by atoms with E-state index in [1.807, 2.05) is 27.7 Å². The van der Waals surface area contributed by atoms with Gasteiger partial charge >= 0.3 is 19.2 Å². The van der Waals surface area contributed by atoms with Crippen LogP contribution in [-0.4, -0.2) is 60.6 Å². The van der Waals surface area contributed by atoms with E-state index in [0.29, 0.717) is 11.0 Å². The van der Waals surface area contributed by atoms with Gasteiger partial charge in [-0.1, -0.05) is 0 Å². The Morgan fingerprint density at radius 1 is 1.12 bits per heavy atom. The van der Waals surface area contributed by atoms with Crippen molar-refractivity contribution in [2.45, 2.75) is 72.2 Å². The van der Waals surface area contributed by atoms with Crippen LogP contribution in [0.5, 0.6) is 0 Å². The first kappa shape index (κ1) is 20.8. The molecular weight excluding hydrogens is 337 g/mol. The van der Waals surface area contributed by atoms with E-state index in [0.717, 1.165) is 0 Å². The van der Waals surface area contributed by atoms with Crippen LogP contribution in [0.1, 0.15) is 55.4 Å². The maximum absolute atomic E-state index is 12.4. The summed E-state index contributed by atoms with van der Waals surface area (Å²) in [7, 11) is -0.702. The van der Waals surface area contributed by atoms with Crippen molar-refractivity contribution in [2.75, 3.05) is 19.7 Å². The molecule has 2 rings (SSSR count). The molecule has 0 radical (unpaired) electrons. The Morgan fingerprint density at radius 3 is 2.12 bits per heavy atom. The van der Waals surface area contributed by atoms with Crippen molar-refractivity contribution in [3.8, 4) is 0 Å².